The summed E-state index contributed by atoms with van der Waals surface area (Å²) in [6.45, 7) is 8.25. The zero-order chi connectivity index (χ0) is 14.4. The lowest BCUT2D eigenvalue weighted by molar-refractivity contribution is 0.0690. The lowest BCUT2D eigenvalue weighted by Gasteiger charge is -2.15. The minimum atomic E-state index is -1.03. The van der Waals surface area contributed by atoms with Crippen LogP contribution in [0.5, 0.6) is 0 Å². The summed E-state index contributed by atoms with van der Waals surface area (Å²) < 4.78 is 0. The monoisotopic (exact) mass is 265 g/mol. The van der Waals surface area contributed by atoms with Crippen LogP contribution in [0.2, 0.25) is 0 Å². The van der Waals surface area contributed by atoms with Crippen molar-refractivity contribution < 1.29 is 9.90 Å². The van der Waals surface area contributed by atoms with Gasteiger partial charge in [0.2, 0.25) is 5.95 Å². The number of nitrogens with one attached hydrogen (secondary N) is 1. The number of aromatic nitrogens is 2. The molecule has 1 unspecified atom stereocenters. The van der Waals surface area contributed by atoms with Gasteiger partial charge in [-0.2, -0.15) is 0 Å². The van der Waals surface area contributed by atoms with E-state index in [2.05, 4.69) is 36.1 Å². The first-order chi connectivity index (χ1) is 8.88. The average Bonchev–Trinajstić information content (AvgIpc) is 2.27. The fraction of sp³-hybridized carbons (Fsp3) is 0.643. The number of hydrogen-bond acceptors (Lipinski definition) is 4. The Labute approximate surface area is 114 Å². The van der Waals surface area contributed by atoms with E-state index in [9.17, 15) is 4.79 Å². The van der Waals surface area contributed by atoms with E-state index in [4.69, 9.17) is 5.11 Å². The van der Waals surface area contributed by atoms with Gasteiger partial charge < -0.3 is 10.4 Å². The van der Waals surface area contributed by atoms with E-state index in [-0.39, 0.29) is 11.7 Å². The van der Waals surface area contributed by atoms with Crippen LogP contribution in [0.4, 0.5) is 5.95 Å². The minimum Gasteiger partial charge on any atom is -0.477 e. The topological polar surface area (TPSA) is 75.1 Å². The molecule has 0 radical (unpaired) electrons. The standard InChI is InChI=1S/C14H23N3O2/c1-9(2)6-5-7-10(3)15-14-16-11(4)8-12(17-14)13(18)19/h8-10H,5-7H2,1-4H3,(H,18,19)(H,15,16,17). The number of nitrogens with zero attached hydrogens (tertiary/aromatic N) is 2. The number of aromatic carboxylic acids is 1. The summed E-state index contributed by atoms with van der Waals surface area (Å²) >= 11 is 0. The van der Waals surface area contributed by atoms with Gasteiger partial charge in [0.1, 0.15) is 0 Å². The van der Waals surface area contributed by atoms with E-state index in [1.807, 2.05) is 0 Å². The fourth-order valence-electron chi connectivity index (χ4n) is 1.87. The van der Waals surface area contributed by atoms with Crippen LogP contribution in [0.25, 0.3) is 0 Å². The van der Waals surface area contributed by atoms with Crippen molar-refractivity contribution in [1.29, 1.82) is 0 Å². The lowest BCUT2D eigenvalue weighted by Crippen LogP contribution is -2.18. The molecule has 0 bridgehead atoms. The van der Waals surface area contributed by atoms with Crippen LogP contribution in [0, 0.1) is 12.8 Å². The summed E-state index contributed by atoms with van der Waals surface area (Å²) in [5.74, 6) is 0.0801. The van der Waals surface area contributed by atoms with Crippen LogP contribution in [-0.2, 0) is 0 Å². The van der Waals surface area contributed by atoms with Crippen LogP contribution in [-0.4, -0.2) is 27.1 Å². The molecule has 19 heavy (non-hydrogen) atoms. The molecule has 0 fully saturated rings. The van der Waals surface area contributed by atoms with Crippen molar-refractivity contribution >= 4 is 11.9 Å². The third kappa shape index (κ3) is 5.68. The van der Waals surface area contributed by atoms with Crippen LogP contribution in [0.3, 0.4) is 0 Å². The molecule has 1 aromatic heterocycles. The third-order valence-electron chi connectivity index (χ3n) is 2.87. The molecule has 5 nitrogen and oxygen atoms in total. The van der Waals surface area contributed by atoms with E-state index in [1.54, 1.807) is 6.92 Å². The van der Waals surface area contributed by atoms with E-state index in [1.165, 1.54) is 12.5 Å². The Morgan fingerprint density at radius 2 is 2.00 bits per heavy atom. The summed E-state index contributed by atoms with van der Waals surface area (Å²) in [4.78, 5) is 19.1. The van der Waals surface area contributed by atoms with Gasteiger partial charge in [0, 0.05) is 11.7 Å². The van der Waals surface area contributed by atoms with Gasteiger partial charge in [0.05, 0.1) is 0 Å². The highest BCUT2D eigenvalue weighted by molar-refractivity contribution is 5.85. The molecule has 0 saturated heterocycles. The number of carbonyl (C=O) groups is 1. The fourth-order valence-corrected chi connectivity index (χ4v) is 1.87. The van der Waals surface area contributed by atoms with Gasteiger partial charge in [-0.15, -0.1) is 0 Å². The smallest absolute Gasteiger partial charge is 0.354 e. The van der Waals surface area contributed by atoms with Crippen molar-refractivity contribution in [2.24, 2.45) is 5.92 Å². The Bertz CT molecular complexity index is 433. The van der Waals surface area contributed by atoms with Gasteiger partial charge >= 0.3 is 5.97 Å². The number of carboxylic acid groups (broad SMARTS) is 1. The summed E-state index contributed by atoms with van der Waals surface area (Å²) in [6.07, 6.45) is 3.36. The van der Waals surface area contributed by atoms with Crippen molar-refractivity contribution in [3.63, 3.8) is 0 Å². The molecule has 1 heterocycles. The Hall–Kier alpha value is -1.65. The van der Waals surface area contributed by atoms with Crippen LogP contribution in [0.15, 0.2) is 6.07 Å². The SMILES string of the molecule is Cc1cc(C(=O)O)nc(NC(C)CCCC(C)C)n1. The quantitative estimate of drug-likeness (QED) is 0.792. The van der Waals surface area contributed by atoms with Crippen LogP contribution < -0.4 is 5.32 Å². The molecular weight excluding hydrogens is 242 g/mol. The highest BCUT2D eigenvalue weighted by Gasteiger charge is 2.10. The zero-order valence-electron chi connectivity index (χ0n) is 12.1. The van der Waals surface area contributed by atoms with Crippen molar-refractivity contribution in [3.05, 3.63) is 17.5 Å². The van der Waals surface area contributed by atoms with E-state index in [0.717, 1.165) is 12.8 Å². The van der Waals surface area contributed by atoms with Crippen molar-refractivity contribution in [3.8, 4) is 0 Å². The number of aryl methyl sites for hydroxylation is 1. The van der Waals surface area contributed by atoms with Crippen LogP contribution >= 0.6 is 0 Å². The molecule has 0 spiro atoms. The maximum absolute atomic E-state index is 10.9. The van der Waals surface area contributed by atoms with Gasteiger partial charge in [-0.3, -0.25) is 0 Å². The molecule has 0 aliphatic rings. The largest absolute Gasteiger partial charge is 0.477 e. The molecule has 0 aliphatic heterocycles. The minimum absolute atomic E-state index is 0.0318. The Morgan fingerprint density at radius 3 is 2.58 bits per heavy atom. The first-order valence-corrected chi connectivity index (χ1v) is 6.74. The molecule has 0 amide bonds. The predicted molar refractivity (Wildman–Crippen MR) is 75.5 cm³/mol. The Balaban J connectivity index is 2.58. The Morgan fingerprint density at radius 1 is 1.32 bits per heavy atom. The van der Waals surface area contributed by atoms with Gasteiger partial charge in [-0.05, 0) is 32.3 Å². The molecule has 1 aromatic rings. The summed E-state index contributed by atoms with van der Waals surface area (Å²) in [7, 11) is 0. The maximum atomic E-state index is 10.9. The first kappa shape index (κ1) is 15.4. The summed E-state index contributed by atoms with van der Waals surface area (Å²) in [6, 6.07) is 1.71. The van der Waals surface area contributed by atoms with E-state index < -0.39 is 5.97 Å². The summed E-state index contributed by atoms with van der Waals surface area (Å²) in [5.41, 5.74) is 0.689. The first-order valence-electron chi connectivity index (χ1n) is 6.74. The molecule has 1 rings (SSSR count). The maximum Gasteiger partial charge on any atom is 0.354 e. The van der Waals surface area contributed by atoms with Crippen LogP contribution in [0.1, 0.15) is 56.2 Å². The highest BCUT2D eigenvalue weighted by atomic mass is 16.4. The molecule has 0 saturated carbocycles. The number of anilines is 1. The number of hydrogen-bond donors (Lipinski definition) is 2. The molecule has 106 valence electrons. The normalized spacial score (nSPS) is 12.5. The Kier molecular flexibility index (Phi) is 5.73. The van der Waals surface area contributed by atoms with Gasteiger partial charge in [-0.25, -0.2) is 14.8 Å². The number of carboxylic acids is 1. The van der Waals surface area contributed by atoms with E-state index >= 15 is 0 Å². The van der Waals surface area contributed by atoms with Crippen molar-refractivity contribution in [1.82, 2.24) is 9.97 Å². The van der Waals surface area contributed by atoms with Crippen molar-refractivity contribution in [2.45, 2.75) is 53.0 Å². The molecular formula is C14H23N3O2. The predicted octanol–water partition coefficient (Wildman–Crippen LogP) is 3.11. The third-order valence-corrected chi connectivity index (χ3v) is 2.87. The molecule has 1 atom stereocenters. The molecule has 0 aromatic carbocycles. The summed E-state index contributed by atoms with van der Waals surface area (Å²) in [5, 5.41) is 12.1. The lowest BCUT2D eigenvalue weighted by atomic mass is 10.0. The second-order valence-corrected chi connectivity index (χ2v) is 5.39. The molecule has 2 N–H and O–H groups in total. The van der Waals surface area contributed by atoms with E-state index in [0.29, 0.717) is 17.6 Å². The molecule has 5 heteroatoms. The second kappa shape index (κ2) is 7.07. The highest BCUT2D eigenvalue weighted by Crippen LogP contribution is 2.12. The number of rotatable bonds is 7. The van der Waals surface area contributed by atoms with Gasteiger partial charge in [0.25, 0.3) is 0 Å². The average molecular weight is 265 g/mol. The van der Waals surface area contributed by atoms with Gasteiger partial charge in [-0.1, -0.05) is 26.7 Å². The second-order valence-electron chi connectivity index (χ2n) is 5.39. The van der Waals surface area contributed by atoms with Crippen molar-refractivity contribution in [2.75, 3.05) is 5.32 Å². The molecule has 0 aliphatic carbocycles. The van der Waals surface area contributed by atoms with Gasteiger partial charge in [0.15, 0.2) is 5.69 Å². The zero-order valence-corrected chi connectivity index (χ0v) is 12.1.